The van der Waals surface area contributed by atoms with Gasteiger partial charge in [0.05, 0.1) is 11.2 Å². The van der Waals surface area contributed by atoms with Crippen molar-refractivity contribution in [2.45, 2.75) is 18.8 Å². The number of hydrogen-bond acceptors (Lipinski definition) is 2. The second kappa shape index (κ2) is 5.22. The first-order valence-corrected chi connectivity index (χ1v) is 7.79. The molecule has 0 atom stereocenters. The second-order valence-corrected chi connectivity index (χ2v) is 6.14. The predicted molar refractivity (Wildman–Crippen MR) is 89.6 cm³/mol. The Hall–Kier alpha value is -2.19. The number of pyridine rings is 1. The van der Waals surface area contributed by atoms with E-state index < -0.39 is 0 Å². The van der Waals surface area contributed by atoms with Crippen LogP contribution in [0.15, 0.2) is 48.5 Å². The molecule has 0 aliphatic heterocycles. The zero-order valence-electron chi connectivity index (χ0n) is 11.9. The Balaban J connectivity index is 2.13. The van der Waals surface area contributed by atoms with Crippen molar-refractivity contribution < 1.29 is 4.79 Å². The fourth-order valence-electron chi connectivity index (χ4n) is 2.97. The lowest BCUT2D eigenvalue weighted by Crippen LogP contribution is -2.00. The number of carbonyl (C=O) groups excluding carboxylic acids is 1. The monoisotopic (exact) mass is 307 g/mol. The summed E-state index contributed by atoms with van der Waals surface area (Å²) in [6, 6.07) is 15.7. The Morgan fingerprint density at radius 3 is 2.55 bits per heavy atom. The van der Waals surface area contributed by atoms with Crippen molar-refractivity contribution in [1.29, 1.82) is 0 Å². The van der Waals surface area contributed by atoms with Crippen molar-refractivity contribution in [3.63, 3.8) is 0 Å². The second-order valence-electron chi connectivity index (χ2n) is 5.71. The van der Waals surface area contributed by atoms with Crippen LogP contribution in [0.25, 0.3) is 22.0 Å². The number of halogens is 1. The molecule has 2 nitrogen and oxygen atoms in total. The van der Waals surface area contributed by atoms with Gasteiger partial charge in [0.15, 0.2) is 6.29 Å². The summed E-state index contributed by atoms with van der Waals surface area (Å²) >= 11 is 6.17. The molecule has 0 N–H and O–H groups in total. The maximum absolute atomic E-state index is 11.8. The zero-order valence-corrected chi connectivity index (χ0v) is 12.7. The molecule has 0 amide bonds. The smallest absolute Gasteiger partial charge is 0.152 e. The molecule has 1 aromatic heterocycles. The van der Waals surface area contributed by atoms with Gasteiger partial charge in [-0.05, 0) is 36.6 Å². The number of aromatic nitrogens is 1. The fourth-order valence-corrected chi connectivity index (χ4v) is 3.14. The molecule has 0 bridgehead atoms. The highest BCUT2D eigenvalue weighted by Gasteiger charge is 2.30. The molecule has 1 aliphatic carbocycles. The summed E-state index contributed by atoms with van der Waals surface area (Å²) in [5, 5.41) is 1.59. The van der Waals surface area contributed by atoms with Gasteiger partial charge in [-0.25, -0.2) is 0 Å². The molecule has 0 unspecified atom stereocenters. The summed E-state index contributed by atoms with van der Waals surface area (Å²) in [5.74, 6) is 0.419. The number of fused-ring (bicyclic) bond motifs is 1. The number of nitrogens with zero attached hydrogens (tertiary/aromatic N) is 1. The Labute approximate surface area is 133 Å². The first-order chi connectivity index (χ1) is 10.8. The molecular formula is C19H14ClNO. The molecule has 1 saturated carbocycles. The van der Waals surface area contributed by atoms with Crippen molar-refractivity contribution in [3.05, 3.63) is 64.8 Å². The highest BCUT2D eigenvalue weighted by molar-refractivity contribution is 6.31. The standard InChI is InChI=1S/C19H14ClNO/c20-14-8-9-17-15(10-14)18(12-4-2-1-3-5-12)16(11-22)19(21-17)13-6-7-13/h1-5,8-11,13H,6-7H2. The third kappa shape index (κ3) is 2.20. The fraction of sp³-hybridized carbons (Fsp3) is 0.158. The van der Waals surface area contributed by atoms with E-state index in [9.17, 15) is 4.79 Å². The normalized spacial score (nSPS) is 14.2. The summed E-state index contributed by atoms with van der Waals surface area (Å²) < 4.78 is 0. The van der Waals surface area contributed by atoms with Crippen LogP contribution in [0.4, 0.5) is 0 Å². The van der Waals surface area contributed by atoms with Crippen molar-refractivity contribution >= 4 is 28.8 Å². The van der Waals surface area contributed by atoms with Gasteiger partial charge in [0.25, 0.3) is 0 Å². The summed E-state index contributed by atoms with van der Waals surface area (Å²) in [5.41, 5.74) is 4.52. The number of rotatable bonds is 3. The van der Waals surface area contributed by atoms with E-state index in [1.54, 1.807) is 0 Å². The van der Waals surface area contributed by atoms with Crippen molar-refractivity contribution in [3.8, 4) is 11.1 Å². The molecule has 4 rings (SSSR count). The maximum Gasteiger partial charge on any atom is 0.152 e. The van der Waals surface area contributed by atoms with Crippen LogP contribution in [0.5, 0.6) is 0 Å². The molecule has 2 aromatic carbocycles. The third-order valence-corrected chi connectivity index (χ3v) is 4.39. The Morgan fingerprint density at radius 2 is 1.86 bits per heavy atom. The first-order valence-electron chi connectivity index (χ1n) is 7.41. The third-order valence-electron chi connectivity index (χ3n) is 4.16. The van der Waals surface area contributed by atoms with Gasteiger partial charge in [0.2, 0.25) is 0 Å². The SMILES string of the molecule is O=Cc1c(C2CC2)nc2ccc(Cl)cc2c1-c1ccccc1. The van der Waals surface area contributed by atoms with Crippen LogP contribution in [0.3, 0.4) is 0 Å². The number of hydrogen-bond donors (Lipinski definition) is 0. The average molecular weight is 308 g/mol. The highest BCUT2D eigenvalue weighted by atomic mass is 35.5. The Morgan fingerprint density at radius 1 is 1.09 bits per heavy atom. The van der Waals surface area contributed by atoms with Gasteiger partial charge in [-0.3, -0.25) is 9.78 Å². The quantitative estimate of drug-likeness (QED) is 0.619. The van der Waals surface area contributed by atoms with Gasteiger partial charge in [-0.1, -0.05) is 41.9 Å². The summed E-state index contributed by atoms with van der Waals surface area (Å²) in [6.45, 7) is 0. The van der Waals surface area contributed by atoms with Crippen LogP contribution < -0.4 is 0 Å². The highest BCUT2D eigenvalue weighted by Crippen LogP contribution is 2.44. The molecular weight excluding hydrogens is 294 g/mol. The lowest BCUT2D eigenvalue weighted by atomic mass is 9.93. The van der Waals surface area contributed by atoms with Crippen LogP contribution in [-0.4, -0.2) is 11.3 Å². The van der Waals surface area contributed by atoms with Gasteiger partial charge in [0.1, 0.15) is 0 Å². The number of aldehydes is 1. The molecule has 0 spiro atoms. The van der Waals surface area contributed by atoms with Crippen molar-refractivity contribution in [2.75, 3.05) is 0 Å². The van der Waals surface area contributed by atoms with Crippen molar-refractivity contribution in [1.82, 2.24) is 4.98 Å². The Kier molecular flexibility index (Phi) is 3.20. The van der Waals surface area contributed by atoms with Gasteiger partial charge in [0, 0.05) is 27.5 Å². The lowest BCUT2D eigenvalue weighted by Gasteiger charge is -2.14. The van der Waals surface area contributed by atoms with Gasteiger partial charge < -0.3 is 0 Å². The van der Waals surface area contributed by atoms with E-state index in [0.29, 0.717) is 16.5 Å². The molecule has 108 valence electrons. The van der Waals surface area contributed by atoms with E-state index in [0.717, 1.165) is 46.9 Å². The minimum atomic E-state index is 0.419. The van der Waals surface area contributed by atoms with E-state index in [1.807, 2.05) is 48.5 Å². The van der Waals surface area contributed by atoms with E-state index in [1.165, 1.54) is 0 Å². The minimum Gasteiger partial charge on any atom is -0.298 e. The molecule has 3 heteroatoms. The molecule has 22 heavy (non-hydrogen) atoms. The number of benzene rings is 2. The van der Waals surface area contributed by atoms with Gasteiger partial charge >= 0.3 is 0 Å². The molecule has 3 aromatic rings. The molecule has 1 fully saturated rings. The van der Waals surface area contributed by atoms with Gasteiger partial charge in [-0.15, -0.1) is 0 Å². The molecule has 1 aliphatic rings. The lowest BCUT2D eigenvalue weighted by molar-refractivity contribution is 0.112. The van der Waals surface area contributed by atoms with Gasteiger partial charge in [-0.2, -0.15) is 0 Å². The van der Waals surface area contributed by atoms with E-state index in [4.69, 9.17) is 16.6 Å². The summed E-state index contributed by atoms with van der Waals surface area (Å²) in [4.78, 5) is 16.6. The first kappa shape index (κ1) is 13.5. The minimum absolute atomic E-state index is 0.419. The maximum atomic E-state index is 11.8. The average Bonchev–Trinajstić information content (AvgIpc) is 3.38. The van der Waals surface area contributed by atoms with Crippen LogP contribution in [0.1, 0.15) is 34.8 Å². The molecule has 0 radical (unpaired) electrons. The van der Waals surface area contributed by atoms with Crippen LogP contribution >= 0.6 is 11.6 Å². The van der Waals surface area contributed by atoms with Crippen molar-refractivity contribution in [2.24, 2.45) is 0 Å². The van der Waals surface area contributed by atoms with Crippen LogP contribution in [0, 0.1) is 0 Å². The van der Waals surface area contributed by atoms with E-state index >= 15 is 0 Å². The topological polar surface area (TPSA) is 30.0 Å². The largest absolute Gasteiger partial charge is 0.298 e. The van der Waals surface area contributed by atoms with E-state index in [2.05, 4.69) is 0 Å². The molecule has 0 saturated heterocycles. The predicted octanol–water partition coefficient (Wildman–Crippen LogP) is 5.25. The van der Waals surface area contributed by atoms with Crippen LogP contribution in [-0.2, 0) is 0 Å². The summed E-state index contributed by atoms with van der Waals surface area (Å²) in [7, 11) is 0. The zero-order chi connectivity index (χ0) is 15.1. The Bertz CT molecular complexity index is 869. The van der Waals surface area contributed by atoms with E-state index in [-0.39, 0.29) is 0 Å². The summed E-state index contributed by atoms with van der Waals surface area (Å²) in [6.07, 6.45) is 3.17. The van der Waals surface area contributed by atoms with Crippen LogP contribution in [0.2, 0.25) is 5.02 Å². The number of carbonyl (C=O) groups is 1. The molecule has 1 heterocycles.